The molecule has 1 N–H and O–H groups in total. The normalized spacial score (nSPS) is 20.0. The summed E-state index contributed by atoms with van der Waals surface area (Å²) >= 11 is 6.04. The van der Waals surface area contributed by atoms with Crippen LogP contribution in [-0.4, -0.2) is 12.5 Å². The number of benzene rings is 1. The maximum atomic E-state index is 6.04. The molecule has 0 bridgehead atoms. The monoisotopic (exact) mass is 235 g/mol. The molecule has 0 fully saturated rings. The number of hydrogen-bond donors (Lipinski definition) is 1. The Morgan fingerprint density at radius 3 is 2.62 bits per heavy atom. The Morgan fingerprint density at radius 2 is 2.06 bits per heavy atom. The third-order valence-corrected chi connectivity index (χ3v) is 3.04. The molecule has 1 aromatic rings. The summed E-state index contributed by atoms with van der Waals surface area (Å²) in [7, 11) is 1.66. The highest BCUT2D eigenvalue weighted by atomic mass is 35.5. The maximum Gasteiger partial charge on any atom is 0.118 e. The van der Waals surface area contributed by atoms with Crippen LogP contribution in [0.15, 0.2) is 42.6 Å². The van der Waals surface area contributed by atoms with E-state index in [1.165, 1.54) is 0 Å². The van der Waals surface area contributed by atoms with Gasteiger partial charge in [-0.2, -0.15) is 0 Å². The molecule has 0 amide bonds. The van der Waals surface area contributed by atoms with E-state index in [-0.39, 0.29) is 5.38 Å². The molecule has 1 aliphatic heterocycles. The number of hydrogen-bond acceptors (Lipinski definition) is 2. The van der Waals surface area contributed by atoms with Crippen LogP contribution in [0.4, 0.5) is 0 Å². The number of methoxy groups -OCH3 is 1. The fraction of sp³-hybridized carbons (Fsp3) is 0.231. The van der Waals surface area contributed by atoms with Gasteiger partial charge >= 0.3 is 0 Å². The minimum Gasteiger partial charge on any atom is -0.497 e. The summed E-state index contributed by atoms with van der Waals surface area (Å²) in [6.45, 7) is 3.90. The third kappa shape index (κ3) is 2.22. The minimum absolute atomic E-state index is 0.0120. The molecule has 1 aliphatic rings. The molecule has 0 aliphatic carbocycles. The zero-order chi connectivity index (χ0) is 11.5. The van der Waals surface area contributed by atoms with Gasteiger partial charge in [0.15, 0.2) is 0 Å². The predicted octanol–water partition coefficient (Wildman–Crippen LogP) is 3.15. The summed E-state index contributed by atoms with van der Waals surface area (Å²) in [5.41, 5.74) is 3.03. The van der Waals surface area contributed by atoms with Crippen LogP contribution in [0.25, 0.3) is 5.70 Å². The van der Waals surface area contributed by atoms with Crippen LogP contribution in [0, 0.1) is 0 Å². The summed E-state index contributed by atoms with van der Waals surface area (Å²) in [5, 5.41) is 3.20. The second-order valence-electron chi connectivity index (χ2n) is 3.70. The van der Waals surface area contributed by atoms with E-state index in [4.69, 9.17) is 16.3 Å². The number of halogens is 1. The summed E-state index contributed by atoms with van der Waals surface area (Å²) in [5.74, 6) is 0.856. The molecule has 1 unspecified atom stereocenters. The summed E-state index contributed by atoms with van der Waals surface area (Å²) in [6.07, 6.45) is 2.91. The first-order chi connectivity index (χ1) is 7.70. The van der Waals surface area contributed by atoms with Gasteiger partial charge in [-0.1, -0.05) is 12.7 Å². The highest BCUT2D eigenvalue weighted by Gasteiger charge is 2.15. The molecule has 84 valence electrons. The Bertz CT molecular complexity index is 422. The number of rotatable bonds is 2. The van der Waals surface area contributed by atoms with E-state index in [1.54, 1.807) is 7.11 Å². The molecule has 0 aromatic heterocycles. The molecule has 0 saturated carbocycles. The largest absolute Gasteiger partial charge is 0.497 e. The van der Waals surface area contributed by atoms with Crippen LogP contribution >= 0.6 is 11.6 Å². The Kier molecular flexibility index (Phi) is 3.20. The average Bonchev–Trinajstić information content (AvgIpc) is 2.33. The predicted molar refractivity (Wildman–Crippen MR) is 67.5 cm³/mol. The van der Waals surface area contributed by atoms with Crippen LogP contribution < -0.4 is 10.1 Å². The van der Waals surface area contributed by atoms with Gasteiger partial charge in [0, 0.05) is 11.4 Å². The van der Waals surface area contributed by atoms with Crippen molar-refractivity contribution in [2.45, 2.75) is 11.8 Å². The second kappa shape index (κ2) is 4.62. The van der Waals surface area contributed by atoms with Crippen LogP contribution in [0.5, 0.6) is 5.75 Å². The van der Waals surface area contributed by atoms with Crippen molar-refractivity contribution in [2.24, 2.45) is 0 Å². The molecule has 1 atom stereocenters. The first kappa shape index (κ1) is 11.1. The fourth-order valence-corrected chi connectivity index (χ4v) is 1.77. The number of alkyl halides is 1. The Balaban J connectivity index is 2.21. The highest BCUT2D eigenvalue weighted by Crippen LogP contribution is 2.25. The van der Waals surface area contributed by atoms with E-state index in [2.05, 4.69) is 18.0 Å². The lowest BCUT2D eigenvalue weighted by atomic mass is 10.1. The van der Waals surface area contributed by atoms with Gasteiger partial charge in [0.2, 0.25) is 0 Å². The zero-order valence-corrected chi connectivity index (χ0v) is 9.92. The third-order valence-electron chi connectivity index (χ3n) is 2.60. The highest BCUT2D eigenvalue weighted by molar-refractivity contribution is 6.22. The number of allylic oxidation sites excluding steroid dienone is 2. The van der Waals surface area contributed by atoms with E-state index in [0.29, 0.717) is 0 Å². The molecular formula is C13H14ClNO. The van der Waals surface area contributed by atoms with Crippen molar-refractivity contribution in [1.29, 1.82) is 0 Å². The molecule has 1 aromatic carbocycles. The number of ether oxygens (including phenoxy) is 1. The first-order valence-corrected chi connectivity index (χ1v) is 5.59. The zero-order valence-electron chi connectivity index (χ0n) is 9.16. The Morgan fingerprint density at radius 1 is 1.38 bits per heavy atom. The Hall–Kier alpha value is -1.41. The lowest BCUT2D eigenvalue weighted by molar-refractivity contribution is 0.415. The number of nitrogens with one attached hydrogen (secondary N) is 1. The van der Waals surface area contributed by atoms with E-state index in [0.717, 1.165) is 29.1 Å². The summed E-state index contributed by atoms with van der Waals surface area (Å²) in [6, 6.07) is 7.90. The van der Waals surface area contributed by atoms with Gasteiger partial charge in [-0.15, -0.1) is 11.6 Å². The quantitative estimate of drug-likeness (QED) is 0.796. The van der Waals surface area contributed by atoms with Gasteiger partial charge in [0.05, 0.1) is 12.5 Å². The fourth-order valence-electron chi connectivity index (χ4n) is 1.63. The molecule has 2 rings (SSSR count). The van der Waals surface area contributed by atoms with Crippen molar-refractivity contribution in [3.8, 4) is 5.75 Å². The van der Waals surface area contributed by atoms with Gasteiger partial charge in [0.1, 0.15) is 5.75 Å². The van der Waals surface area contributed by atoms with E-state index < -0.39 is 0 Å². The van der Waals surface area contributed by atoms with Crippen molar-refractivity contribution in [3.63, 3.8) is 0 Å². The molecule has 3 heteroatoms. The molecular weight excluding hydrogens is 222 g/mol. The van der Waals surface area contributed by atoms with Gasteiger partial charge in [-0.25, -0.2) is 0 Å². The van der Waals surface area contributed by atoms with E-state index in [1.807, 2.05) is 24.3 Å². The standard InChI is InChI=1S/C13H14ClNO/c1-9-12(14)7-8-13(15-9)10-3-5-11(16-2)6-4-10/h3-6,8,12,15H,1,7H2,2H3. The maximum absolute atomic E-state index is 6.04. The van der Waals surface area contributed by atoms with Crippen LogP contribution in [-0.2, 0) is 0 Å². The molecule has 16 heavy (non-hydrogen) atoms. The van der Waals surface area contributed by atoms with Gasteiger partial charge < -0.3 is 10.1 Å². The topological polar surface area (TPSA) is 21.3 Å². The smallest absolute Gasteiger partial charge is 0.118 e. The van der Waals surface area contributed by atoms with Crippen molar-refractivity contribution < 1.29 is 4.74 Å². The van der Waals surface area contributed by atoms with Crippen LogP contribution in [0.1, 0.15) is 12.0 Å². The Labute approximate surface area is 101 Å². The van der Waals surface area contributed by atoms with Crippen molar-refractivity contribution in [2.75, 3.05) is 7.11 Å². The molecule has 1 heterocycles. The molecule has 0 radical (unpaired) electrons. The first-order valence-electron chi connectivity index (χ1n) is 5.15. The average molecular weight is 236 g/mol. The molecule has 2 nitrogen and oxygen atoms in total. The van der Waals surface area contributed by atoms with Gasteiger partial charge in [0.25, 0.3) is 0 Å². The van der Waals surface area contributed by atoms with Crippen molar-refractivity contribution in [1.82, 2.24) is 5.32 Å². The minimum atomic E-state index is -0.0120. The lowest BCUT2D eigenvalue weighted by Crippen LogP contribution is -2.22. The van der Waals surface area contributed by atoms with Gasteiger partial charge in [-0.05, 0) is 36.2 Å². The summed E-state index contributed by atoms with van der Waals surface area (Å²) in [4.78, 5) is 0. The van der Waals surface area contributed by atoms with Crippen molar-refractivity contribution in [3.05, 3.63) is 48.2 Å². The van der Waals surface area contributed by atoms with Crippen molar-refractivity contribution >= 4 is 17.3 Å². The SMILES string of the molecule is C=C1NC(c2ccc(OC)cc2)=CCC1Cl. The summed E-state index contributed by atoms with van der Waals surface area (Å²) < 4.78 is 5.12. The van der Waals surface area contributed by atoms with Gasteiger partial charge in [-0.3, -0.25) is 0 Å². The van der Waals surface area contributed by atoms with E-state index in [9.17, 15) is 0 Å². The van der Waals surface area contributed by atoms with Crippen LogP contribution in [0.2, 0.25) is 0 Å². The van der Waals surface area contributed by atoms with Crippen LogP contribution in [0.3, 0.4) is 0 Å². The lowest BCUT2D eigenvalue weighted by Gasteiger charge is -2.22. The molecule has 0 spiro atoms. The second-order valence-corrected chi connectivity index (χ2v) is 4.23. The van der Waals surface area contributed by atoms with E-state index >= 15 is 0 Å². The molecule has 0 saturated heterocycles.